The Bertz CT molecular complexity index is 674. The molecule has 0 saturated heterocycles. The maximum absolute atomic E-state index is 12.2. The van der Waals surface area contributed by atoms with Gasteiger partial charge in [-0.1, -0.05) is 48.5 Å². The summed E-state index contributed by atoms with van der Waals surface area (Å²) in [6, 6.07) is 16.0. The fourth-order valence-corrected chi connectivity index (χ4v) is 2.26. The van der Waals surface area contributed by atoms with Crippen LogP contribution in [0.3, 0.4) is 0 Å². The Kier molecular flexibility index (Phi) is 3.38. The molecule has 0 bridgehead atoms. The van der Waals surface area contributed by atoms with E-state index in [2.05, 4.69) is 6.58 Å². The molecule has 1 aliphatic rings. The summed E-state index contributed by atoms with van der Waals surface area (Å²) in [5.74, 6) is -0.892. The van der Waals surface area contributed by atoms with Crippen LogP contribution in [0.1, 0.15) is 32.4 Å². The van der Waals surface area contributed by atoms with Gasteiger partial charge in [0.1, 0.15) is 6.10 Å². The molecule has 104 valence electrons. The monoisotopic (exact) mass is 279 g/mol. The van der Waals surface area contributed by atoms with E-state index in [1.165, 1.54) is 0 Å². The first-order chi connectivity index (χ1) is 10.2. The van der Waals surface area contributed by atoms with Gasteiger partial charge in [-0.05, 0) is 17.7 Å². The number of fused-ring (bicyclic) bond motifs is 1. The first-order valence-corrected chi connectivity index (χ1v) is 6.54. The van der Waals surface area contributed by atoms with Gasteiger partial charge < -0.3 is 0 Å². The van der Waals surface area contributed by atoms with Crippen molar-refractivity contribution in [3.05, 3.63) is 83.9 Å². The molecule has 2 amide bonds. The molecule has 0 saturated carbocycles. The summed E-state index contributed by atoms with van der Waals surface area (Å²) in [4.78, 5) is 30.0. The van der Waals surface area contributed by atoms with Crippen molar-refractivity contribution in [2.75, 3.05) is 0 Å². The molecule has 0 radical (unpaired) electrons. The molecular formula is C17H13NO3. The van der Waals surface area contributed by atoms with Gasteiger partial charge >= 0.3 is 0 Å². The molecule has 1 atom stereocenters. The lowest BCUT2D eigenvalue weighted by molar-refractivity contribution is -0.118. The van der Waals surface area contributed by atoms with Crippen LogP contribution in [0.25, 0.3) is 0 Å². The number of hydrogen-bond donors (Lipinski definition) is 0. The van der Waals surface area contributed by atoms with Gasteiger partial charge in [0, 0.05) is 0 Å². The van der Waals surface area contributed by atoms with Gasteiger partial charge in [0.2, 0.25) is 0 Å². The maximum Gasteiger partial charge on any atom is 0.285 e. The molecule has 0 fully saturated rings. The minimum atomic E-state index is -0.562. The van der Waals surface area contributed by atoms with Crippen molar-refractivity contribution in [1.29, 1.82) is 0 Å². The van der Waals surface area contributed by atoms with E-state index in [-0.39, 0.29) is 0 Å². The molecule has 4 heteroatoms. The molecule has 2 aromatic carbocycles. The average Bonchev–Trinajstić information content (AvgIpc) is 2.78. The van der Waals surface area contributed by atoms with Crippen molar-refractivity contribution in [3.8, 4) is 0 Å². The molecule has 0 aliphatic carbocycles. The lowest BCUT2D eigenvalue weighted by Crippen LogP contribution is -2.31. The first kappa shape index (κ1) is 13.3. The normalized spacial score (nSPS) is 15.0. The van der Waals surface area contributed by atoms with Crippen LogP contribution in [0, 0.1) is 0 Å². The number of nitrogens with zero attached hydrogens (tertiary/aromatic N) is 1. The Morgan fingerprint density at radius 2 is 1.43 bits per heavy atom. The van der Waals surface area contributed by atoms with Crippen LogP contribution in [-0.4, -0.2) is 16.9 Å². The summed E-state index contributed by atoms with van der Waals surface area (Å²) >= 11 is 0. The number of rotatable bonds is 4. The molecule has 21 heavy (non-hydrogen) atoms. The zero-order chi connectivity index (χ0) is 14.8. The Hall–Kier alpha value is -2.72. The predicted octanol–water partition coefficient (Wildman–Crippen LogP) is 3.14. The fraction of sp³-hybridized carbons (Fsp3) is 0.0588. The Balaban J connectivity index is 1.88. The van der Waals surface area contributed by atoms with E-state index in [0.717, 1.165) is 10.6 Å². The molecule has 0 N–H and O–H groups in total. The highest BCUT2D eigenvalue weighted by atomic mass is 16.7. The summed E-state index contributed by atoms with van der Waals surface area (Å²) < 4.78 is 0. The average molecular weight is 279 g/mol. The van der Waals surface area contributed by atoms with E-state index in [1.54, 1.807) is 30.3 Å². The highest BCUT2D eigenvalue weighted by Crippen LogP contribution is 2.27. The number of hydrogen-bond acceptors (Lipinski definition) is 3. The summed E-state index contributed by atoms with van der Waals surface area (Å²) in [7, 11) is 0. The number of imide groups is 1. The Labute approximate surface area is 122 Å². The largest absolute Gasteiger partial charge is 0.285 e. The van der Waals surface area contributed by atoms with Crippen molar-refractivity contribution < 1.29 is 14.4 Å². The van der Waals surface area contributed by atoms with Gasteiger partial charge in [0.15, 0.2) is 0 Å². The van der Waals surface area contributed by atoms with Crippen molar-refractivity contribution in [3.63, 3.8) is 0 Å². The van der Waals surface area contributed by atoms with Crippen LogP contribution in [0.4, 0.5) is 0 Å². The summed E-state index contributed by atoms with van der Waals surface area (Å²) in [6.45, 7) is 3.70. The smallest absolute Gasteiger partial charge is 0.266 e. The number of benzene rings is 2. The number of amides is 2. The molecule has 3 rings (SSSR count). The first-order valence-electron chi connectivity index (χ1n) is 6.54. The molecule has 1 aliphatic heterocycles. The fourth-order valence-electron chi connectivity index (χ4n) is 2.26. The summed E-state index contributed by atoms with van der Waals surface area (Å²) in [5.41, 5.74) is 1.54. The zero-order valence-electron chi connectivity index (χ0n) is 11.2. The van der Waals surface area contributed by atoms with Crippen molar-refractivity contribution in [2.24, 2.45) is 0 Å². The Morgan fingerprint density at radius 1 is 0.905 bits per heavy atom. The number of hydroxylamine groups is 2. The van der Waals surface area contributed by atoms with Crippen LogP contribution < -0.4 is 0 Å². The van der Waals surface area contributed by atoms with Gasteiger partial charge in [0.25, 0.3) is 11.8 Å². The summed E-state index contributed by atoms with van der Waals surface area (Å²) in [5, 5.41) is 0.810. The predicted molar refractivity (Wildman–Crippen MR) is 77.4 cm³/mol. The third-order valence-corrected chi connectivity index (χ3v) is 3.32. The van der Waals surface area contributed by atoms with E-state index in [4.69, 9.17) is 4.84 Å². The van der Waals surface area contributed by atoms with Crippen molar-refractivity contribution >= 4 is 11.8 Å². The second-order valence-electron chi connectivity index (χ2n) is 4.62. The van der Waals surface area contributed by atoms with Gasteiger partial charge in [-0.3, -0.25) is 14.4 Å². The van der Waals surface area contributed by atoms with Gasteiger partial charge in [-0.15, -0.1) is 11.6 Å². The minimum absolute atomic E-state index is 0.360. The van der Waals surface area contributed by atoms with Crippen LogP contribution in [-0.2, 0) is 4.84 Å². The number of carbonyl (C=O) groups is 2. The van der Waals surface area contributed by atoms with Gasteiger partial charge in [-0.25, -0.2) is 0 Å². The highest BCUT2D eigenvalue weighted by Gasteiger charge is 2.37. The molecule has 2 aromatic rings. The van der Waals surface area contributed by atoms with E-state index in [1.807, 2.05) is 30.3 Å². The molecule has 1 unspecified atom stereocenters. The third kappa shape index (κ3) is 2.26. The van der Waals surface area contributed by atoms with Gasteiger partial charge in [-0.2, -0.15) is 0 Å². The molecule has 4 nitrogen and oxygen atoms in total. The lowest BCUT2D eigenvalue weighted by Gasteiger charge is -2.20. The maximum atomic E-state index is 12.2. The van der Waals surface area contributed by atoms with E-state index in [0.29, 0.717) is 11.1 Å². The van der Waals surface area contributed by atoms with Crippen molar-refractivity contribution in [1.82, 2.24) is 5.06 Å². The van der Waals surface area contributed by atoms with E-state index < -0.39 is 17.9 Å². The molecule has 1 heterocycles. The summed E-state index contributed by atoms with van der Waals surface area (Å²) in [6.07, 6.45) is 0.993. The quantitative estimate of drug-likeness (QED) is 0.638. The van der Waals surface area contributed by atoms with Crippen LogP contribution in [0.5, 0.6) is 0 Å². The molecule has 0 aromatic heterocycles. The van der Waals surface area contributed by atoms with E-state index in [9.17, 15) is 9.59 Å². The Morgan fingerprint density at radius 3 is 1.95 bits per heavy atom. The standard InChI is InChI=1S/C17H13NO3/c1-2-15(12-8-4-3-5-9-12)21-18-16(19)13-10-6-7-11-14(13)17(18)20/h2-11,15H,1H2. The minimum Gasteiger partial charge on any atom is -0.266 e. The topological polar surface area (TPSA) is 46.6 Å². The SMILES string of the molecule is C=CC(ON1C(=O)c2ccccc2C1=O)c1ccccc1. The molecular weight excluding hydrogens is 266 g/mol. The van der Waals surface area contributed by atoms with Crippen molar-refractivity contribution in [2.45, 2.75) is 6.10 Å². The van der Waals surface area contributed by atoms with Crippen LogP contribution in [0.2, 0.25) is 0 Å². The van der Waals surface area contributed by atoms with Crippen LogP contribution >= 0.6 is 0 Å². The highest BCUT2D eigenvalue weighted by molar-refractivity contribution is 6.20. The second-order valence-corrected chi connectivity index (χ2v) is 4.62. The van der Waals surface area contributed by atoms with Crippen LogP contribution in [0.15, 0.2) is 67.3 Å². The van der Waals surface area contributed by atoms with Gasteiger partial charge in [0.05, 0.1) is 11.1 Å². The van der Waals surface area contributed by atoms with E-state index >= 15 is 0 Å². The third-order valence-electron chi connectivity index (χ3n) is 3.32. The second kappa shape index (κ2) is 5.34. The number of carbonyl (C=O) groups excluding carboxylic acids is 2. The zero-order valence-corrected chi connectivity index (χ0v) is 11.2. The lowest BCUT2D eigenvalue weighted by atomic mass is 10.1. The molecule has 0 spiro atoms.